The largest absolute Gasteiger partial charge is 0.326 e. The number of carbonyl (C=O) groups excluding carboxylic acids is 1. The molecule has 1 unspecified atom stereocenters. The zero-order valence-electron chi connectivity index (χ0n) is 12.7. The van der Waals surface area contributed by atoms with E-state index < -0.39 is 0 Å². The molecule has 0 spiro atoms. The Balaban J connectivity index is 1.69. The lowest BCUT2D eigenvalue weighted by atomic mass is 9.84. The fourth-order valence-corrected chi connectivity index (χ4v) is 3.90. The second-order valence-corrected chi connectivity index (χ2v) is 6.67. The third-order valence-corrected chi connectivity index (χ3v) is 4.99. The Morgan fingerprint density at radius 1 is 1.29 bits per heavy atom. The average molecular weight is 290 g/mol. The van der Waals surface area contributed by atoms with Gasteiger partial charge in [0.15, 0.2) is 0 Å². The lowest BCUT2D eigenvalue weighted by Crippen LogP contribution is -2.48. The maximum Gasteiger partial charge on any atom is 0.228 e. The van der Waals surface area contributed by atoms with Crippen LogP contribution in [0.15, 0.2) is 24.3 Å². The molecule has 1 aliphatic heterocycles. The van der Waals surface area contributed by atoms with Crippen molar-refractivity contribution in [3.63, 3.8) is 0 Å². The Hall–Kier alpha value is -1.42. The smallest absolute Gasteiger partial charge is 0.228 e. The van der Waals surface area contributed by atoms with Crippen molar-refractivity contribution in [1.29, 1.82) is 0 Å². The second kappa shape index (κ2) is 5.76. The van der Waals surface area contributed by atoms with E-state index in [1.165, 1.54) is 12.1 Å². The fourth-order valence-electron chi connectivity index (χ4n) is 3.90. The minimum absolute atomic E-state index is 0.0662. The number of hydrogen-bond donors (Lipinski definition) is 1. The van der Waals surface area contributed by atoms with Crippen molar-refractivity contribution in [2.75, 3.05) is 18.4 Å². The maximum absolute atomic E-state index is 13.2. The molecule has 2 aliphatic rings. The van der Waals surface area contributed by atoms with Gasteiger partial charge in [0.2, 0.25) is 5.91 Å². The molecule has 1 N–H and O–H groups in total. The number of halogens is 1. The van der Waals surface area contributed by atoms with E-state index in [1.54, 1.807) is 12.1 Å². The fraction of sp³-hybridized carbons (Fsp3) is 0.588. The first kappa shape index (κ1) is 14.5. The second-order valence-electron chi connectivity index (χ2n) is 6.67. The van der Waals surface area contributed by atoms with E-state index in [0.29, 0.717) is 23.6 Å². The number of benzene rings is 1. The number of hydrogen-bond acceptors (Lipinski definition) is 2. The molecule has 2 fully saturated rings. The number of anilines is 1. The van der Waals surface area contributed by atoms with Crippen molar-refractivity contribution >= 4 is 11.6 Å². The summed E-state index contributed by atoms with van der Waals surface area (Å²) in [6.07, 6.45) is 2.27. The Kier molecular flexibility index (Phi) is 3.98. The summed E-state index contributed by atoms with van der Waals surface area (Å²) in [6, 6.07) is 6.68. The summed E-state index contributed by atoms with van der Waals surface area (Å²) in [5.74, 6) is 0.726. The number of fused-ring (bicyclic) bond motifs is 2. The molecule has 1 aliphatic carbocycles. The van der Waals surface area contributed by atoms with Crippen LogP contribution in [0.1, 0.15) is 26.7 Å². The van der Waals surface area contributed by atoms with Gasteiger partial charge in [0, 0.05) is 30.7 Å². The van der Waals surface area contributed by atoms with E-state index in [1.807, 2.05) is 0 Å². The van der Waals surface area contributed by atoms with Crippen molar-refractivity contribution in [3.05, 3.63) is 30.1 Å². The van der Waals surface area contributed by atoms with Crippen LogP contribution in [0.25, 0.3) is 0 Å². The molecule has 0 radical (unpaired) electrons. The standard InChI is InChI=1S/C17H23FN2O/c1-11(2)20-9-12-6-7-13(10-20)16(12)17(21)19-15-5-3-4-14(18)8-15/h3-5,8,11-13,16H,6-7,9-10H2,1-2H3,(H,19,21)/t12-,13+,16?. The molecule has 2 bridgehead atoms. The van der Waals surface area contributed by atoms with Crippen LogP contribution >= 0.6 is 0 Å². The molecule has 1 saturated heterocycles. The summed E-state index contributed by atoms with van der Waals surface area (Å²) in [4.78, 5) is 15.0. The first-order chi connectivity index (χ1) is 10.0. The molecular formula is C17H23FN2O. The van der Waals surface area contributed by atoms with Gasteiger partial charge < -0.3 is 10.2 Å². The van der Waals surface area contributed by atoms with Crippen LogP contribution in [-0.2, 0) is 4.79 Å². The lowest BCUT2D eigenvalue weighted by Gasteiger charge is -2.39. The molecule has 21 heavy (non-hydrogen) atoms. The van der Waals surface area contributed by atoms with Gasteiger partial charge in [0.1, 0.15) is 5.82 Å². The van der Waals surface area contributed by atoms with Crippen LogP contribution in [0, 0.1) is 23.6 Å². The van der Waals surface area contributed by atoms with Crippen molar-refractivity contribution in [2.24, 2.45) is 17.8 Å². The van der Waals surface area contributed by atoms with Crippen molar-refractivity contribution in [1.82, 2.24) is 4.90 Å². The quantitative estimate of drug-likeness (QED) is 0.927. The van der Waals surface area contributed by atoms with Crippen LogP contribution in [0.4, 0.5) is 10.1 Å². The number of likely N-dealkylation sites (tertiary alicyclic amines) is 1. The maximum atomic E-state index is 13.2. The van der Waals surface area contributed by atoms with Gasteiger partial charge in [-0.15, -0.1) is 0 Å². The molecule has 1 saturated carbocycles. The van der Waals surface area contributed by atoms with Crippen LogP contribution < -0.4 is 5.32 Å². The molecule has 1 aromatic rings. The highest BCUT2D eigenvalue weighted by atomic mass is 19.1. The lowest BCUT2D eigenvalue weighted by molar-refractivity contribution is -0.124. The normalized spacial score (nSPS) is 28.9. The first-order valence-corrected chi connectivity index (χ1v) is 7.85. The highest BCUT2D eigenvalue weighted by Crippen LogP contribution is 2.43. The third kappa shape index (κ3) is 2.95. The van der Waals surface area contributed by atoms with Crippen molar-refractivity contribution < 1.29 is 9.18 Å². The predicted octanol–water partition coefficient (Wildman–Crippen LogP) is 3.13. The molecule has 1 heterocycles. The minimum atomic E-state index is -0.314. The zero-order chi connectivity index (χ0) is 15.0. The number of carbonyl (C=O) groups is 1. The molecule has 114 valence electrons. The van der Waals surface area contributed by atoms with Gasteiger partial charge in [0.05, 0.1) is 0 Å². The number of amides is 1. The van der Waals surface area contributed by atoms with E-state index in [9.17, 15) is 9.18 Å². The van der Waals surface area contributed by atoms with Crippen LogP contribution in [-0.4, -0.2) is 29.9 Å². The number of piperidine rings is 1. The highest BCUT2D eigenvalue weighted by molar-refractivity contribution is 5.93. The topological polar surface area (TPSA) is 32.3 Å². The van der Waals surface area contributed by atoms with Crippen molar-refractivity contribution in [2.45, 2.75) is 32.7 Å². The molecule has 0 aromatic heterocycles. The van der Waals surface area contributed by atoms with Crippen LogP contribution in [0.3, 0.4) is 0 Å². The van der Waals surface area contributed by atoms with E-state index in [2.05, 4.69) is 24.1 Å². The van der Waals surface area contributed by atoms with Crippen LogP contribution in [0.5, 0.6) is 0 Å². The van der Waals surface area contributed by atoms with Gasteiger partial charge in [-0.2, -0.15) is 0 Å². The molecule has 1 amide bonds. The molecule has 1 aromatic carbocycles. The summed E-state index contributed by atoms with van der Waals surface area (Å²) < 4.78 is 13.2. The summed E-state index contributed by atoms with van der Waals surface area (Å²) in [6.45, 7) is 6.45. The molecule has 3 rings (SSSR count). The molecule has 4 heteroatoms. The number of nitrogens with one attached hydrogen (secondary N) is 1. The van der Waals surface area contributed by atoms with E-state index in [0.717, 1.165) is 25.9 Å². The molecule has 3 atom stereocenters. The predicted molar refractivity (Wildman–Crippen MR) is 81.4 cm³/mol. The summed E-state index contributed by atoms with van der Waals surface area (Å²) >= 11 is 0. The Morgan fingerprint density at radius 2 is 1.95 bits per heavy atom. The first-order valence-electron chi connectivity index (χ1n) is 7.85. The van der Waals surface area contributed by atoms with E-state index in [-0.39, 0.29) is 17.6 Å². The SMILES string of the molecule is CC(C)N1C[C@H]2CC[C@@H](C1)C2C(=O)Nc1cccc(F)c1. The molecular weight excluding hydrogens is 267 g/mol. The Labute approximate surface area is 125 Å². The average Bonchev–Trinajstić information content (AvgIpc) is 2.69. The van der Waals surface area contributed by atoms with Crippen molar-refractivity contribution in [3.8, 4) is 0 Å². The summed E-state index contributed by atoms with van der Waals surface area (Å²) in [7, 11) is 0. The summed E-state index contributed by atoms with van der Waals surface area (Å²) in [5, 5.41) is 2.90. The molecule has 3 nitrogen and oxygen atoms in total. The third-order valence-electron chi connectivity index (χ3n) is 4.99. The zero-order valence-corrected chi connectivity index (χ0v) is 12.7. The minimum Gasteiger partial charge on any atom is -0.326 e. The summed E-state index contributed by atoms with van der Waals surface area (Å²) in [5.41, 5.74) is 0.561. The highest BCUT2D eigenvalue weighted by Gasteiger charge is 2.46. The van der Waals surface area contributed by atoms with Gasteiger partial charge in [-0.1, -0.05) is 6.07 Å². The van der Waals surface area contributed by atoms with Gasteiger partial charge in [-0.3, -0.25) is 4.79 Å². The monoisotopic (exact) mass is 290 g/mol. The van der Waals surface area contributed by atoms with Crippen LogP contribution in [0.2, 0.25) is 0 Å². The van der Waals surface area contributed by atoms with E-state index in [4.69, 9.17) is 0 Å². The number of nitrogens with zero attached hydrogens (tertiary/aromatic N) is 1. The van der Waals surface area contributed by atoms with Gasteiger partial charge in [-0.25, -0.2) is 4.39 Å². The Morgan fingerprint density at radius 3 is 2.52 bits per heavy atom. The van der Waals surface area contributed by atoms with Gasteiger partial charge >= 0.3 is 0 Å². The van der Waals surface area contributed by atoms with E-state index >= 15 is 0 Å². The number of rotatable bonds is 3. The van der Waals surface area contributed by atoms with Gasteiger partial charge in [-0.05, 0) is 56.7 Å². The Bertz CT molecular complexity index is 517. The van der Waals surface area contributed by atoms with Gasteiger partial charge in [0.25, 0.3) is 0 Å².